The van der Waals surface area contributed by atoms with Gasteiger partial charge in [0.25, 0.3) is 5.95 Å². The Morgan fingerprint density at radius 1 is 1.40 bits per heavy atom. The Morgan fingerprint density at radius 2 is 2.13 bits per heavy atom. The van der Waals surface area contributed by atoms with E-state index in [1.165, 1.54) is 32.1 Å². The van der Waals surface area contributed by atoms with E-state index in [0.717, 1.165) is 6.42 Å². The summed E-state index contributed by atoms with van der Waals surface area (Å²) in [5.41, 5.74) is 5.57. The zero-order valence-electron chi connectivity index (χ0n) is 9.12. The molecule has 3 N–H and O–H groups in total. The van der Waals surface area contributed by atoms with Gasteiger partial charge in [0.2, 0.25) is 5.89 Å². The standard InChI is InChI=1S/C10H18N4O/c1-12-10(5-3-2-4-6-10)7-8-13-9(11)14-15-8/h12H,2-7H2,1H3,(H2,11,14). The molecule has 0 bridgehead atoms. The highest BCUT2D eigenvalue weighted by Crippen LogP contribution is 2.30. The van der Waals surface area contributed by atoms with E-state index in [0.29, 0.717) is 5.89 Å². The first-order valence-electron chi connectivity index (χ1n) is 5.51. The Labute approximate surface area is 89.4 Å². The normalized spacial score (nSPS) is 20.3. The molecule has 0 atom stereocenters. The minimum Gasteiger partial charge on any atom is -0.365 e. The zero-order chi connectivity index (χ0) is 10.7. The van der Waals surface area contributed by atoms with Crippen molar-refractivity contribution in [3.63, 3.8) is 0 Å². The SMILES string of the molecule is CNC1(Cc2nc(N)no2)CCCCC1. The molecular formula is C10H18N4O. The van der Waals surface area contributed by atoms with Gasteiger partial charge in [0.15, 0.2) is 0 Å². The molecule has 1 aromatic heterocycles. The Balaban J connectivity index is 2.06. The number of rotatable bonds is 3. The van der Waals surface area contributed by atoms with Gasteiger partial charge in [-0.15, -0.1) is 0 Å². The van der Waals surface area contributed by atoms with E-state index >= 15 is 0 Å². The summed E-state index contributed by atoms with van der Waals surface area (Å²) >= 11 is 0. The van der Waals surface area contributed by atoms with Gasteiger partial charge < -0.3 is 15.6 Å². The molecule has 1 heterocycles. The number of nitrogens with one attached hydrogen (secondary N) is 1. The summed E-state index contributed by atoms with van der Waals surface area (Å²) in [7, 11) is 2.01. The van der Waals surface area contributed by atoms with Crippen LogP contribution in [0.15, 0.2) is 4.52 Å². The maximum Gasteiger partial charge on any atom is 0.260 e. The molecule has 1 fully saturated rings. The molecule has 0 aliphatic heterocycles. The molecule has 0 aromatic carbocycles. The first kappa shape index (κ1) is 10.4. The van der Waals surface area contributed by atoms with Crippen LogP contribution in [0.2, 0.25) is 0 Å². The van der Waals surface area contributed by atoms with Crippen molar-refractivity contribution in [3.8, 4) is 0 Å². The van der Waals surface area contributed by atoms with Crippen molar-refractivity contribution in [1.29, 1.82) is 0 Å². The molecule has 1 aromatic rings. The molecule has 0 amide bonds. The molecule has 15 heavy (non-hydrogen) atoms. The van der Waals surface area contributed by atoms with E-state index < -0.39 is 0 Å². The molecule has 5 nitrogen and oxygen atoms in total. The number of anilines is 1. The first-order chi connectivity index (χ1) is 7.24. The highest BCUT2D eigenvalue weighted by Gasteiger charge is 2.32. The van der Waals surface area contributed by atoms with Crippen molar-refractivity contribution >= 4 is 5.95 Å². The summed E-state index contributed by atoms with van der Waals surface area (Å²) in [6, 6.07) is 0. The summed E-state index contributed by atoms with van der Waals surface area (Å²) in [6.45, 7) is 0. The fraction of sp³-hybridized carbons (Fsp3) is 0.800. The fourth-order valence-corrected chi connectivity index (χ4v) is 2.37. The minimum absolute atomic E-state index is 0.136. The van der Waals surface area contributed by atoms with Crippen LogP contribution in [0, 0.1) is 0 Å². The summed E-state index contributed by atoms with van der Waals surface area (Å²) < 4.78 is 5.07. The molecule has 84 valence electrons. The number of aromatic nitrogens is 2. The topological polar surface area (TPSA) is 77.0 Å². The van der Waals surface area contributed by atoms with Crippen molar-refractivity contribution < 1.29 is 4.52 Å². The van der Waals surface area contributed by atoms with Gasteiger partial charge >= 0.3 is 0 Å². The van der Waals surface area contributed by atoms with Crippen LogP contribution in [0.5, 0.6) is 0 Å². The van der Waals surface area contributed by atoms with Crippen molar-refractivity contribution in [3.05, 3.63) is 5.89 Å². The zero-order valence-corrected chi connectivity index (χ0v) is 9.12. The lowest BCUT2D eigenvalue weighted by atomic mass is 9.79. The quantitative estimate of drug-likeness (QED) is 0.781. The number of nitrogens with zero attached hydrogens (tertiary/aromatic N) is 2. The van der Waals surface area contributed by atoms with Crippen LogP contribution in [-0.2, 0) is 6.42 Å². The van der Waals surface area contributed by atoms with Crippen LogP contribution in [0.4, 0.5) is 5.95 Å². The number of likely N-dealkylation sites (N-methyl/N-ethyl adjacent to an activating group) is 1. The molecule has 2 rings (SSSR count). The Morgan fingerprint density at radius 3 is 2.67 bits per heavy atom. The number of nitrogen functional groups attached to an aromatic ring is 1. The van der Waals surface area contributed by atoms with Crippen LogP contribution < -0.4 is 11.1 Å². The lowest BCUT2D eigenvalue weighted by Crippen LogP contribution is -2.46. The monoisotopic (exact) mass is 210 g/mol. The largest absolute Gasteiger partial charge is 0.365 e. The second-order valence-corrected chi connectivity index (χ2v) is 4.31. The predicted molar refractivity (Wildman–Crippen MR) is 57.3 cm³/mol. The van der Waals surface area contributed by atoms with Crippen LogP contribution in [0.25, 0.3) is 0 Å². The third-order valence-corrected chi connectivity index (χ3v) is 3.31. The van der Waals surface area contributed by atoms with Gasteiger partial charge in [-0.1, -0.05) is 19.3 Å². The van der Waals surface area contributed by atoms with Crippen LogP contribution in [-0.4, -0.2) is 22.7 Å². The van der Waals surface area contributed by atoms with E-state index in [1.807, 2.05) is 7.05 Å². The van der Waals surface area contributed by atoms with Gasteiger partial charge in [0, 0.05) is 12.0 Å². The average Bonchev–Trinajstić information content (AvgIpc) is 2.65. The van der Waals surface area contributed by atoms with Gasteiger partial charge in [-0.25, -0.2) is 0 Å². The fourth-order valence-electron chi connectivity index (χ4n) is 2.37. The third kappa shape index (κ3) is 2.28. The van der Waals surface area contributed by atoms with Crippen LogP contribution >= 0.6 is 0 Å². The minimum atomic E-state index is 0.136. The molecule has 0 unspecified atom stereocenters. The second-order valence-electron chi connectivity index (χ2n) is 4.31. The molecule has 0 spiro atoms. The van der Waals surface area contributed by atoms with E-state index in [-0.39, 0.29) is 11.5 Å². The van der Waals surface area contributed by atoms with Crippen molar-refractivity contribution in [2.45, 2.75) is 44.1 Å². The van der Waals surface area contributed by atoms with Gasteiger partial charge in [-0.05, 0) is 25.0 Å². The average molecular weight is 210 g/mol. The maximum absolute atomic E-state index is 5.43. The second kappa shape index (κ2) is 4.18. The van der Waals surface area contributed by atoms with E-state index in [2.05, 4.69) is 15.5 Å². The van der Waals surface area contributed by atoms with Gasteiger partial charge in [-0.2, -0.15) is 4.98 Å². The molecule has 5 heteroatoms. The Kier molecular flexibility index (Phi) is 2.90. The van der Waals surface area contributed by atoms with Gasteiger partial charge in [0.1, 0.15) is 0 Å². The number of hydrogen-bond acceptors (Lipinski definition) is 5. The molecule has 1 saturated carbocycles. The maximum atomic E-state index is 5.43. The number of hydrogen-bond donors (Lipinski definition) is 2. The van der Waals surface area contributed by atoms with Crippen LogP contribution in [0.3, 0.4) is 0 Å². The molecule has 1 aliphatic rings. The van der Waals surface area contributed by atoms with E-state index in [4.69, 9.17) is 10.3 Å². The Hall–Kier alpha value is -1.10. The Bertz CT molecular complexity index is 317. The summed E-state index contributed by atoms with van der Waals surface area (Å²) in [5.74, 6) is 0.871. The summed E-state index contributed by atoms with van der Waals surface area (Å²) in [6.07, 6.45) is 7.00. The predicted octanol–water partition coefficient (Wildman–Crippen LogP) is 1.12. The summed E-state index contributed by atoms with van der Waals surface area (Å²) in [4.78, 5) is 4.06. The van der Waals surface area contributed by atoms with Crippen molar-refractivity contribution in [1.82, 2.24) is 15.5 Å². The highest BCUT2D eigenvalue weighted by molar-refractivity contribution is 5.12. The van der Waals surface area contributed by atoms with Crippen LogP contribution in [0.1, 0.15) is 38.0 Å². The van der Waals surface area contributed by atoms with Gasteiger partial charge in [0.05, 0.1) is 0 Å². The van der Waals surface area contributed by atoms with Crippen molar-refractivity contribution in [2.24, 2.45) is 0 Å². The molecular weight excluding hydrogens is 192 g/mol. The molecule has 0 saturated heterocycles. The lowest BCUT2D eigenvalue weighted by molar-refractivity contribution is 0.221. The number of nitrogens with two attached hydrogens (primary N) is 1. The van der Waals surface area contributed by atoms with Gasteiger partial charge in [-0.3, -0.25) is 0 Å². The first-order valence-corrected chi connectivity index (χ1v) is 5.51. The molecule has 0 radical (unpaired) electrons. The summed E-state index contributed by atoms with van der Waals surface area (Å²) in [5, 5.41) is 7.02. The van der Waals surface area contributed by atoms with Crippen molar-refractivity contribution in [2.75, 3.05) is 12.8 Å². The highest BCUT2D eigenvalue weighted by atomic mass is 16.5. The molecule has 1 aliphatic carbocycles. The van der Waals surface area contributed by atoms with E-state index in [1.54, 1.807) is 0 Å². The van der Waals surface area contributed by atoms with E-state index in [9.17, 15) is 0 Å². The smallest absolute Gasteiger partial charge is 0.260 e. The lowest BCUT2D eigenvalue weighted by Gasteiger charge is -2.36. The third-order valence-electron chi connectivity index (χ3n) is 3.31.